The molecular formula is C8H10ClN3O4S. The van der Waals surface area contributed by atoms with Crippen molar-refractivity contribution in [3.8, 4) is 0 Å². The van der Waals surface area contributed by atoms with Crippen LogP contribution in [0.5, 0.6) is 0 Å². The second kappa shape index (κ2) is 5.30. The van der Waals surface area contributed by atoms with Crippen molar-refractivity contribution in [3.05, 3.63) is 33.3 Å². The molecule has 0 atom stereocenters. The van der Waals surface area contributed by atoms with Crippen LogP contribution in [0.15, 0.2) is 23.1 Å². The van der Waals surface area contributed by atoms with Crippen molar-refractivity contribution in [2.75, 3.05) is 18.4 Å². The quantitative estimate of drug-likeness (QED) is 0.607. The van der Waals surface area contributed by atoms with Crippen molar-refractivity contribution in [2.24, 2.45) is 5.14 Å². The Morgan fingerprint density at radius 1 is 1.47 bits per heavy atom. The third-order valence-corrected chi connectivity index (χ3v) is 3.25. The van der Waals surface area contributed by atoms with Gasteiger partial charge in [-0.05, 0) is 18.2 Å². The number of nitro groups is 1. The topological polar surface area (TPSA) is 115 Å². The van der Waals surface area contributed by atoms with E-state index in [1.165, 1.54) is 18.2 Å². The van der Waals surface area contributed by atoms with Gasteiger partial charge in [-0.15, -0.1) is 0 Å². The van der Waals surface area contributed by atoms with Crippen LogP contribution in [0, 0.1) is 10.1 Å². The number of sulfonamides is 1. The number of benzene rings is 1. The lowest BCUT2D eigenvalue weighted by Gasteiger charge is -2.07. The molecule has 0 aliphatic carbocycles. The van der Waals surface area contributed by atoms with Crippen molar-refractivity contribution < 1.29 is 13.3 Å². The Kier molecular flexibility index (Phi) is 4.27. The van der Waals surface area contributed by atoms with Crippen molar-refractivity contribution in [3.63, 3.8) is 0 Å². The van der Waals surface area contributed by atoms with Crippen molar-refractivity contribution >= 4 is 27.3 Å². The van der Waals surface area contributed by atoms with E-state index in [4.69, 9.17) is 16.7 Å². The minimum absolute atomic E-state index is 0.00678. The summed E-state index contributed by atoms with van der Waals surface area (Å²) in [5.74, 6) is 0. The lowest BCUT2D eigenvalue weighted by atomic mass is 10.3. The van der Waals surface area contributed by atoms with Crippen LogP contribution in [-0.4, -0.2) is 26.4 Å². The SMILES string of the molecule is NS(=O)(=O)c1cc(NCC[N+](=O)[O-])ccc1Cl. The highest BCUT2D eigenvalue weighted by molar-refractivity contribution is 7.89. The van der Waals surface area contributed by atoms with Crippen LogP contribution < -0.4 is 10.5 Å². The van der Waals surface area contributed by atoms with E-state index in [-0.39, 0.29) is 23.0 Å². The van der Waals surface area contributed by atoms with Crippen LogP contribution in [0.4, 0.5) is 5.69 Å². The average Bonchev–Trinajstić information content (AvgIpc) is 2.18. The van der Waals surface area contributed by atoms with Crippen LogP contribution in [0.25, 0.3) is 0 Å². The van der Waals surface area contributed by atoms with Gasteiger partial charge >= 0.3 is 0 Å². The molecule has 0 unspecified atom stereocenters. The second-order valence-electron chi connectivity index (χ2n) is 3.17. The number of hydrogen-bond donors (Lipinski definition) is 2. The summed E-state index contributed by atoms with van der Waals surface area (Å²) in [5.41, 5.74) is 0.403. The monoisotopic (exact) mass is 279 g/mol. The molecule has 7 nitrogen and oxygen atoms in total. The van der Waals surface area contributed by atoms with Gasteiger partial charge in [-0.2, -0.15) is 0 Å². The van der Waals surface area contributed by atoms with E-state index in [0.29, 0.717) is 5.69 Å². The molecule has 1 aromatic rings. The Morgan fingerprint density at radius 2 is 2.12 bits per heavy atom. The van der Waals surface area contributed by atoms with Crippen LogP contribution in [-0.2, 0) is 10.0 Å². The van der Waals surface area contributed by atoms with E-state index in [9.17, 15) is 18.5 Å². The zero-order valence-corrected chi connectivity index (χ0v) is 10.2. The zero-order valence-electron chi connectivity index (χ0n) is 8.59. The average molecular weight is 280 g/mol. The molecule has 0 saturated heterocycles. The van der Waals surface area contributed by atoms with E-state index >= 15 is 0 Å². The van der Waals surface area contributed by atoms with Gasteiger partial charge < -0.3 is 5.32 Å². The van der Waals surface area contributed by atoms with Crippen molar-refractivity contribution in [1.29, 1.82) is 0 Å². The molecule has 1 aromatic carbocycles. The number of nitrogens with two attached hydrogens (primary N) is 1. The van der Waals surface area contributed by atoms with E-state index in [0.717, 1.165) is 0 Å². The second-order valence-corrected chi connectivity index (χ2v) is 5.11. The molecule has 1 rings (SSSR count). The molecule has 17 heavy (non-hydrogen) atoms. The van der Waals surface area contributed by atoms with Crippen LogP contribution in [0.1, 0.15) is 0 Å². The van der Waals surface area contributed by atoms with Gasteiger partial charge in [0, 0.05) is 10.6 Å². The maximum atomic E-state index is 11.1. The Hall–Kier alpha value is -1.38. The molecule has 0 radical (unpaired) electrons. The molecule has 0 saturated carbocycles. The van der Waals surface area contributed by atoms with Crippen LogP contribution >= 0.6 is 11.6 Å². The smallest absolute Gasteiger partial charge is 0.239 e. The summed E-state index contributed by atoms with van der Waals surface area (Å²) in [7, 11) is -3.90. The summed E-state index contributed by atoms with van der Waals surface area (Å²) in [6.07, 6.45) is 0. The molecule has 94 valence electrons. The van der Waals surface area contributed by atoms with E-state index < -0.39 is 14.9 Å². The first-order valence-electron chi connectivity index (χ1n) is 4.49. The van der Waals surface area contributed by atoms with Crippen LogP contribution in [0.3, 0.4) is 0 Å². The number of anilines is 1. The fourth-order valence-electron chi connectivity index (χ4n) is 1.12. The molecule has 0 aromatic heterocycles. The van der Waals surface area contributed by atoms with Gasteiger partial charge in [-0.25, -0.2) is 13.6 Å². The number of halogens is 1. The largest absolute Gasteiger partial charge is 0.378 e. The van der Waals surface area contributed by atoms with Crippen molar-refractivity contribution in [1.82, 2.24) is 0 Å². The van der Waals surface area contributed by atoms with Gasteiger partial charge in [0.05, 0.1) is 11.6 Å². The van der Waals surface area contributed by atoms with Gasteiger partial charge in [0.1, 0.15) is 4.90 Å². The highest BCUT2D eigenvalue weighted by Crippen LogP contribution is 2.23. The van der Waals surface area contributed by atoms with Gasteiger partial charge in [-0.3, -0.25) is 10.1 Å². The standard InChI is InChI=1S/C8H10ClN3O4S/c9-7-2-1-6(11-3-4-12(13)14)5-8(7)17(10,15)16/h1-2,5,11H,3-4H2,(H2,10,15,16). The van der Waals surface area contributed by atoms with E-state index in [1.807, 2.05) is 0 Å². The van der Waals surface area contributed by atoms with Gasteiger partial charge in [-0.1, -0.05) is 11.6 Å². The predicted octanol–water partition coefficient (Wildman–Crippen LogP) is 0.676. The molecule has 3 N–H and O–H groups in total. The number of primary sulfonamides is 1. The lowest BCUT2D eigenvalue weighted by Crippen LogP contribution is -2.15. The minimum Gasteiger partial charge on any atom is -0.378 e. The molecule has 9 heteroatoms. The highest BCUT2D eigenvalue weighted by Gasteiger charge is 2.13. The van der Waals surface area contributed by atoms with E-state index in [2.05, 4.69) is 5.32 Å². The minimum atomic E-state index is -3.90. The first-order valence-corrected chi connectivity index (χ1v) is 6.41. The predicted molar refractivity (Wildman–Crippen MR) is 63.2 cm³/mol. The van der Waals surface area contributed by atoms with Crippen LogP contribution in [0.2, 0.25) is 5.02 Å². The first-order chi connectivity index (χ1) is 7.80. The molecule has 0 aliphatic rings. The maximum Gasteiger partial charge on any atom is 0.239 e. The fraction of sp³-hybridized carbons (Fsp3) is 0.250. The van der Waals surface area contributed by atoms with E-state index in [1.54, 1.807) is 0 Å². The molecule has 0 bridgehead atoms. The van der Waals surface area contributed by atoms with Gasteiger partial charge in [0.15, 0.2) is 0 Å². The molecule has 0 spiro atoms. The summed E-state index contributed by atoms with van der Waals surface area (Å²) in [6, 6.07) is 4.10. The van der Waals surface area contributed by atoms with Gasteiger partial charge in [0.2, 0.25) is 16.6 Å². The Balaban J connectivity index is 2.86. The molecule has 0 fully saturated rings. The normalized spacial score (nSPS) is 11.2. The summed E-state index contributed by atoms with van der Waals surface area (Å²) in [4.78, 5) is 9.40. The number of nitrogens with one attached hydrogen (secondary N) is 1. The lowest BCUT2D eigenvalue weighted by molar-refractivity contribution is -0.476. The highest BCUT2D eigenvalue weighted by atomic mass is 35.5. The summed E-state index contributed by atoms with van der Waals surface area (Å²) >= 11 is 5.67. The Bertz CT molecular complexity index is 532. The number of nitrogens with zero attached hydrogens (tertiary/aromatic N) is 1. The van der Waals surface area contributed by atoms with Gasteiger partial charge in [0.25, 0.3) is 0 Å². The number of rotatable bonds is 5. The molecule has 0 heterocycles. The Labute approximate surface area is 103 Å². The maximum absolute atomic E-state index is 11.1. The molecular weight excluding hydrogens is 270 g/mol. The third-order valence-electron chi connectivity index (χ3n) is 1.86. The fourth-order valence-corrected chi connectivity index (χ4v) is 2.19. The summed E-state index contributed by atoms with van der Waals surface area (Å²) < 4.78 is 22.3. The summed E-state index contributed by atoms with van der Waals surface area (Å²) in [5, 5.41) is 17.8. The third kappa shape index (κ3) is 4.17. The first kappa shape index (κ1) is 13.7. The Morgan fingerprint density at radius 3 is 2.65 bits per heavy atom. The summed E-state index contributed by atoms with van der Waals surface area (Å²) in [6.45, 7) is -0.188. The van der Waals surface area contributed by atoms with Crippen molar-refractivity contribution in [2.45, 2.75) is 4.90 Å². The molecule has 0 amide bonds. The molecule has 0 aliphatic heterocycles. The number of hydrogen-bond acceptors (Lipinski definition) is 5. The zero-order chi connectivity index (χ0) is 13.1.